The Balaban J connectivity index is 1.44. The molecule has 0 aromatic heterocycles. The van der Waals surface area contributed by atoms with Crippen LogP contribution in [0, 0.1) is 0 Å². The van der Waals surface area contributed by atoms with Crippen LogP contribution in [0.5, 0.6) is 5.75 Å². The van der Waals surface area contributed by atoms with E-state index in [1.807, 2.05) is 84.9 Å². The number of rotatable bonds is 11. The molecule has 0 amide bonds. The summed E-state index contributed by atoms with van der Waals surface area (Å²) in [6.07, 6.45) is 1.68. The molecule has 1 aliphatic rings. The van der Waals surface area contributed by atoms with Crippen LogP contribution in [0.15, 0.2) is 84.9 Å². The first-order chi connectivity index (χ1) is 16.2. The van der Waals surface area contributed by atoms with E-state index in [9.17, 15) is 10.2 Å². The fraction of sp³-hybridized carbons (Fsp3) is 0.357. The molecule has 1 aliphatic heterocycles. The second-order valence-electron chi connectivity index (χ2n) is 8.71. The number of aliphatic hydroxyl groups excluding tert-OH is 2. The Labute approximate surface area is 196 Å². The van der Waals surface area contributed by atoms with Crippen molar-refractivity contribution in [1.82, 2.24) is 10.2 Å². The van der Waals surface area contributed by atoms with Crippen molar-refractivity contribution in [2.75, 3.05) is 26.2 Å². The second kappa shape index (κ2) is 12.0. The van der Waals surface area contributed by atoms with Crippen molar-refractivity contribution in [2.24, 2.45) is 0 Å². The highest BCUT2D eigenvalue weighted by molar-refractivity contribution is 5.30. The maximum atomic E-state index is 11.3. The topological polar surface area (TPSA) is 65.0 Å². The van der Waals surface area contributed by atoms with Gasteiger partial charge in [0, 0.05) is 6.54 Å². The summed E-state index contributed by atoms with van der Waals surface area (Å²) in [5.41, 5.74) is 2.97. The third-order valence-corrected chi connectivity index (χ3v) is 6.30. The minimum Gasteiger partial charge on any atom is -0.489 e. The molecule has 3 aromatic carbocycles. The first-order valence-electron chi connectivity index (χ1n) is 11.8. The quantitative estimate of drug-likeness (QED) is 0.414. The molecule has 1 heterocycles. The predicted molar refractivity (Wildman–Crippen MR) is 131 cm³/mol. The first kappa shape index (κ1) is 23.5. The van der Waals surface area contributed by atoms with Crippen LogP contribution in [-0.2, 0) is 6.61 Å². The molecule has 0 bridgehead atoms. The molecule has 0 spiro atoms. The maximum Gasteiger partial charge on any atom is 0.119 e. The lowest BCUT2D eigenvalue weighted by atomic mass is 9.99. The minimum atomic E-state index is -0.702. The SMILES string of the molecule is OC[C@@H](N[C@H](CN1CCCC1)[C@H](O)c1ccc(OCc2ccccc2)cc1)c1ccccc1. The summed E-state index contributed by atoms with van der Waals surface area (Å²) in [4.78, 5) is 2.39. The molecule has 3 atom stereocenters. The summed E-state index contributed by atoms with van der Waals surface area (Å²) in [5, 5.41) is 24.9. The molecule has 4 rings (SSSR count). The standard InChI is InChI=1S/C28H34N2O3/c31-20-27(23-11-5-2-6-12-23)29-26(19-30-17-7-8-18-30)28(32)24-13-15-25(16-14-24)33-21-22-9-3-1-4-10-22/h1-6,9-16,26-29,31-32H,7-8,17-21H2/t26-,27-,28-/m1/s1. The maximum absolute atomic E-state index is 11.3. The molecule has 0 aliphatic carbocycles. The lowest BCUT2D eigenvalue weighted by Crippen LogP contribution is -2.46. The molecule has 0 unspecified atom stereocenters. The fourth-order valence-corrected chi connectivity index (χ4v) is 4.42. The lowest BCUT2D eigenvalue weighted by Gasteiger charge is -2.32. The molecule has 1 fully saturated rings. The molecular formula is C28H34N2O3. The summed E-state index contributed by atoms with van der Waals surface area (Å²) in [6, 6.07) is 27.2. The van der Waals surface area contributed by atoms with Gasteiger partial charge in [-0.05, 0) is 54.8 Å². The fourth-order valence-electron chi connectivity index (χ4n) is 4.42. The Bertz CT molecular complexity index is 944. The molecule has 174 valence electrons. The van der Waals surface area contributed by atoms with Crippen molar-refractivity contribution < 1.29 is 14.9 Å². The van der Waals surface area contributed by atoms with Gasteiger partial charge in [0.2, 0.25) is 0 Å². The Hall–Kier alpha value is -2.70. The highest BCUT2D eigenvalue weighted by atomic mass is 16.5. The van der Waals surface area contributed by atoms with Gasteiger partial charge in [0.1, 0.15) is 12.4 Å². The van der Waals surface area contributed by atoms with Crippen LogP contribution < -0.4 is 10.1 Å². The van der Waals surface area contributed by atoms with Gasteiger partial charge in [0.05, 0.1) is 24.8 Å². The minimum absolute atomic E-state index is 0.0283. The van der Waals surface area contributed by atoms with Crippen molar-refractivity contribution in [3.8, 4) is 5.75 Å². The van der Waals surface area contributed by atoms with Gasteiger partial charge in [0.15, 0.2) is 0 Å². The van der Waals surface area contributed by atoms with Crippen LogP contribution in [0.3, 0.4) is 0 Å². The van der Waals surface area contributed by atoms with E-state index in [0.29, 0.717) is 6.61 Å². The molecule has 5 nitrogen and oxygen atoms in total. The van der Waals surface area contributed by atoms with E-state index < -0.39 is 6.10 Å². The third-order valence-electron chi connectivity index (χ3n) is 6.30. The largest absolute Gasteiger partial charge is 0.489 e. The van der Waals surface area contributed by atoms with Crippen molar-refractivity contribution in [3.05, 3.63) is 102 Å². The number of nitrogens with one attached hydrogen (secondary N) is 1. The van der Waals surface area contributed by atoms with Crippen LogP contribution in [-0.4, -0.2) is 47.4 Å². The highest BCUT2D eigenvalue weighted by Crippen LogP contribution is 2.25. The Morgan fingerprint density at radius 3 is 2.09 bits per heavy atom. The van der Waals surface area contributed by atoms with Gasteiger partial charge in [-0.15, -0.1) is 0 Å². The van der Waals surface area contributed by atoms with Crippen LogP contribution in [0.1, 0.15) is 41.7 Å². The van der Waals surface area contributed by atoms with Gasteiger partial charge >= 0.3 is 0 Å². The molecule has 0 radical (unpaired) electrons. The van der Waals surface area contributed by atoms with Gasteiger partial charge in [-0.25, -0.2) is 0 Å². The number of hydrogen-bond acceptors (Lipinski definition) is 5. The van der Waals surface area contributed by atoms with E-state index in [1.165, 1.54) is 12.8 Å². The molecule has 1 saturated heterocycles. The van der Waals surface area contributed by atoms with E-state index in [1.54, 1.807) is 0 Å². The van der Waals surface area contributed by atoms with Crippen molar-refractivity contribution in [3.63, 3.8) is 0 Å². The summed E-state index contributed by atoms with van der Waals surface area (Å²) in [6.45, 7) is 3.31. The van der Waals surface area contributed by atoms with Gasteiger partial charge < -0.3 is 25.2 Å². The summed E-state index contributed by atoms with van der Waals surface area (Å²) < 4.78 is 5.90. The van der Waals surface area contributed by atoms with E-state index in [2.05, 4.69) is 10.2 Å². The monoisotopic (exact) mass is 446 g/mol. The molecule has 3 N–H and O–H groups in total. The summed E-state index contributed by atoms with van der Waals surface area (Å²) in [5.74, 6) is 0.774. The smallest absolute Gasteiger partial charge is 0.119 e. The van der Waals surface area contributed by atoms with Gasteiger partial charge in [0.25, 0.3) is 0 Å². The van der Waals surface area contributed by atoms with Crippen molar-refractivity contribution >= 4 is 0 Å². The van der Waals surface area contributed by atoms with Crippen molar-refractivity contribution in [1.29, 1.82) is 0 Å². The Morgan fingerprint density at radius 2 is 1.45 bits per heavy atom. The zero-order valence-electron chi connectivity index (χ0n) is 19.0. The van der Waals surface area contributed by atoms with E-state index in [-0.39, 0.29) is 18.7 Å². The molecule has 5 heteroatoms. The zero-order valence-corrected chi connectivity index (χ0v) is 19.0. The van der Waals surface area contributed by atoms with E-state index in [4.69, 9.17) is 4.74 Å². The number of nitrogens with zero attached hydrogens (tertiary/aromatic N) is 1. The Kier molecular flexibility index (Phi) is 8.50. The lowest BCUT2D eigenvalue weighted by molar-refractivity contribution is 0.0915. The zero-order chi connectivity index (χ0) is 22.9. The summed E-state index contributed by atoms with van der Waals surface area (Å²) >= 11 is 0. The van der Waals surface area contributed by atoms with E-state index >= 15 is 0 Å². The van der Waals surface area contributed by atoms with Gasteiger partial charge in [-0.2, -0.15) is 0 Å². The Morgan fingerprint density at radius 1 is 0.818 bits per heavy atom. The number of benzene rings is 3. The highest BCUT2D eigenvalue weighted by Gasteiger charge is 2.27. The third kappa shape index (κ3) is 6.65. The number of likely N-dealkylation sites (tertiary alicyclic amines) is 1. The normalized spacial score (nSPS) is 16.9. The van der Waals surface area contributed by atoms with Crippen LogP contribution >= 0.6 is 0 Å². The molecule has 0 saturated carbocycles. The van der Waals surface area contributed by atoms with Crippen LogP contribution in [0.25, 0.3) is 0 Å². The van der Waals surface area contributed by atoms with Crippen LogP contribution in [0.4, 0.5) is 0 Å². The average molecular weight is 447 g/mol. The second-order valence-corrected chi connectivity index (χ2v) is 8.71. The van der Waals surface area contributed by atoms with Gasteiger partial charge in [-0.1, -0.05) is 72.8 Å². The number of hydrogen-bond donors (Lipinski definition) is 3. The molecular weight excluding hydrogens is 412 g/mol. The first-order valence-corrected chi connectivity index (χ1v) is 11.8. The van der Waals surface area contributed by atoms with Crippen molar-refractivity contribution in [2.45, 2.75) is 37.6 Å². The van der Waals surface area contributed by atoms with E-state index in [0.717, 1.165) is 42.1 Å². The predicted octanol–water partition coefficient (Wildman–Crippen LogP) is 4.09. The molecule has 33 heavy (non-hydrogen) atoms. The number of aliphatic hydroxyl groups is 2. The average Bonchev–Trinajstić information content (AvgIpc) is 3.39. The van der Waals surface area contributed by atoms with Crippen LogP contribution in [0.2, 0.25) is 0 Å². The number of ether oxygens (including phenoxy) is 1. The molecule has 3 aromatic rings. The summed E-state index contributed by atoms with van der Waals surface area (Å²) in [7, 11) is 0. The van der Waals surface area contributed by atoms with Gasteiger partial charge in [-0.3, -0.25) is 0 Å².